The highest BCUT2D eigenvalue weighted by Gasteiger charge is 2.22. The van der Waals surface area contributed by atoms with Crippen LogP contribution in [0.25, 0.3) is 0 Å². The number of piperazine rings is 1. The summed E-state index contributed by atoms with van der Waals surface area (Å²) in [7, 11) is 0. The van der Waals surface area contributed by atoms with Crippen LogP contribution in [0.4, 0.5) is 5.69 Å². The van der Waals surface area contributed by atoms with E-state index >= 15 is 0 Å². The minimum Gasteiger partial charge on any atom is -0.368 e. The second-order valence-corrected chi connectivity index (χ2v) is 5.16. The molecule has 1 amide bonds. The van der Waals surface area contributed by atoms with Gasteiger partial charge in [-0.15, -0.1) is 0 Å². The number of nitrogens with zero attached hydrogens (tertiary/aromatic N) is 2. The first-order valence-corrected chi connectivity index (χ1v) is 7.28. The highest BCUT2D eigenvalue weighted by molar-refractivity contribution is 5.76. The van der Waals surface area contributed by atoms with E-state index in [1.807, 2.05) is 11.8 Å². The first-order chi connectivity index (χ1) is 9.17. The smallest absolute Gasteiger partial charge is 0.222 e. The van der Waals surface area contributed by atoms with Crippen LogP contribution in [-0.2, 0) is 11.2 Å². The lowest BCUT2D eigenvalue weighted by Crippen LogP contribution is -2.49. The Morgan fingerprint density at radius 2 is 1.84 bits per heavy atom. The fourth-order valence-electron chi connectivity index (χ4n) is 2.86. The molecule has 0 radical (unpaired) electrons. The van der Waals surface area contributed by atoms with Crippen molar-refractivity contribution >= 4 is 11.6 Å². The molecule has 1 aliphatic heterocycles. The lowest BCUT2D eigenvalue weighted by atomic mass is 10.0. The molecule has 1 fully saturated rings. The first kappa shape index (κ1) is 13.9. The van der Waals surface area contributed by atoms with Crippen LogP contribution in [-0.4, -0.2) is 37.0 Å². The number of hydrogen-bond acceptors (Lipinski definition) is 2. The molecule has 1 heterocycles. The normalized spacial score (nSPS) is 15.7. The van der Waals surface area contributed by atoms with Crippen molar-refractivity contribution < 1.29 is 4.79 Å². The molecule has 3 heteroatoms. The fraction of sp³-hybridized carbons (Fsp3) is 0.562. The van der Waals surface area contributed by atoms with Crippen molar-refractivity contribution in [2.45, 2.75) is 33.6 Å². The van der Waals surface area contributed by atoms with Crippen molar-refractivity contribution in [3.05, 3.63) is 29.3 Å². The lowest BCUT2D eigenvalue weighted by Gasteiger charge is -2.37. The molecule has 1 saturated heterocycles. The van der Waals surface area contributed by atoms with Gasteiger partial charge < -0.3 is 9.80 Å². The van der Waals surface area contributed by atoms with Gasteiger partial charge >= 0.3 is 0 Å². The lowest BCUT2D eigenvalue weighted by molar-refractivity contribution is -0.131. The predicted molar refractivity (Wildman–Crippen MR) is 79.6 cm³/mol. The average molecular weight is 260 g/mol. The molecular weight excluding hydrogens is 236 g/mol. The van der Waals surface area contributed by atoms with Gasteiger partial charge in [-0.3, -0.25) is 4.79 Å². The zero-order valence-electron chi connectivity index (χ0n) is 12.3. The largest absolute Gasteiger partial charge is 0.368 e. The number of para-hydroxylation sites is 1. The summed E-state index contributed by atoms with van der Waals surface area (Å²) < 4.78 is 0. The molecule has 104 valence electrons. The van der Waals surface area contributed by atoms with Crippen LogP contribution in [0, 0.1) is 6.92 Å². The third kappa shape index (κ3) is 2.91. The summed E-state index contributed by atoms with van der Waals surface area (Å²) in [6.45, 7) is 9.92. The Balaban J connectivity index is 2.12. The number of carbonyl (C=O) groups excluding carboxylic acids is 1. The maximum atomic E-state index is 11.7. The van der Waals surface area contributed by atoms with Crippen molar-refractivity contribution in [2.24, 2.45) is 0 Å². The van der Waals surface area contributed by atoms with E-state index in [-0.39, 0.29) is 5.91 Å². The quantitative estimate of drug-likeness (QED) is 0.834. The van der Waals surface area contributed by atoms with E-state index in [9.17, 15) is 4.79 Å². The highest BCUT2D eigenvalue weighted by Crippen LogP contribution is 2.26. The van der Waals surface area contributed by atoms with Gasteiger partial charge in [-0.25, -0.2) is 0 Å². The number of amides is 1. The van der Waals surface area contributed by atoms with Gasteiger partial charge in [0.25, 0.3) is 0 Å². The van der Waals surface area contributed by atoms with Crippen molar-refractivity contribution in [2.75, 3.05) is 31.1 Å². The van der Waals surface area contributed by atoms with Crippen LogP contribution >= 0.6 is 0 Å². The molecule has 0 N–H and O–H groups in total. The molecule has 1 aromatic carbocycles. The maximum absolute atomic E-state index is 11.7. The zero-order chi connectivity index (χ0) is 13.8. The van der Waals surface area contributed by atoms with Crippen LogP contribution in [0.15, 0.2) is 18.2 Å². The number of carbonyl (C=O) groups is 1. The Bertz CT molecular complexity index is 448. The van der Waals surface area contributed by atoms with Gasteiger partial charge in [0.15, 0.2) is 0 Å². The monoisotopic (exact) mass is 260 g/mol. The Morgan fingerprint density at radius 1 is 1.16 bits per heavy atom. The molecule has 0 aromatic heterocycles. The fourth-order valence-corrected chi connectivity index (χ4v) is 2.86. The van der Waals surface area contributed by atoms with Gasteiger partial charge in [0.05, 0.1) is 0 Å². The van der Waals surface area contributed by atoms with E-state index in [1.54, 1.807) is 0 Å². The Labute approximate surface area is 116 Å². The van der Waals surface area contributed by atoms with E-state index in [1.165, 1.54) is 16.8 Å². The Kier molecular flexibility index (Phi) is 4.46. The van der Waals surface area contributed by atoms with E-state index < -0.39 is 0 Å². The number of rotatable bonds is 3. The number of anilines is 1. The average Bonchev–Trinajstić information content (AvgIpc) is 2.46. The molecule has 0 atom stereocenters. The summed E-state index contributed by atoms with van der Waals surface area (Å²) >= 11 is 0. The summed E-state index contributed by atoms with van der Waals surface area (Å²) in [6, 6.07) is 6.53. The molecule has 3 nitrogen and oxygen atoms in total. The molecule has 1 aliphatic rings. The summed E-state index contributed by atoms with van der Waals surface area (Å²) in [5, 5.41) is 0. The van der Waals surface area contributed by atoms with Gasteiger partial charge in [0.1, 0.15) is 0 Å². The first-order valence-electron chi connectivity index (χ1n) is 7.28. The third-order valence-electron chi connectivity index (χ3n) is 3.95. The summed E-state index contributed by atoms with van der Waals surface area (Å²) in [5.41, 5.74) is 4.14. The third-order valence-corrected chi connectivity index (χ3v) is 3.95. The SMILES string of the molecule is CCC(=O)N1CCN(c2c(C)cccc2CC)CC1. The summed E-state index contributed by atoms with van der Waals surface area (Å²) in [6.07, 6.45) is 1.68. The molecule has 1 aromatic rings. The standard InChI is InChI=1S/C16H24N2O/c1-4-14-8-6-7-13(3)16(14)18-11-9-17(10-12-18)15(19)5-2/h6-8H,4-5,9-12H2,1-3H3. The molecule has 0 aliphatic carbocycles. The van der Waals surface area contributed by atoms with E-state index in [0.717, 1.165) is 32.6 Å². The highest BCUT2D eigenvalue weighted by atomic mass is 16.2. The van der Waals surface area contributed by atoms with E-state index in [0.29, 0.717) is 6.42 Å². The van der Waals surface area contributed by atoms with Crippen molar-refractivity contribution in [1.82, 2.24) is 4.90 Å². The summed E-state index contributed by atoms with van der Waals surface area (Å²) in [4.78, 5) is 16.1. The summed E-state index contributed by atoms with van der Waals surface area (Å²) in [5.74, 6) is 0.278. The number of hydrogen-bond donors (Lipinski definition) is 0. The molecule has 2 rings (SSSR count). The van der Waals surface area contributed by atoms with Gasteiger partial charge in [-0.2, -0.15) is 0 Å². The van der Waals surface area contributed by atoms with Crippen molar-refractivity contribution in [3.8, 4) is 0 Å². The van der Waals surface area contributed by atoms with Gasteiger partial charge in [-0.1, -0.05) is 32.0 Å². The predicted octanol–water partition coefficient (Wildman–Crippen LogP) is 2.62. The van der Waals surface area contributed by atoms with Crippen LogP contribution in [0.2, 0.25) is 0 Å². The van der Waals surface area contributed by atoms with Crippen LogP contribution in [0.3, 0.4) is 0 Å². The zero-order valence-corrected chi connectivity index (χ0v) is 12.3. The van der Waals surface area contributed by atoms with Crippen molar-refractivity contribution in [1.29, 1.82) is 0 Å². The maximum Gasteiger partial charge on any atom is 0.222 e. The Morgan fingerprint density at radius 3 is 2.42 bits per heavy atom. The molecular formula is C16H24N2O. The van der Waals surface area contributed by atoms with Gasteiger partial charge in [0.2, 0.25) is 5.91 Å². The Hall–Kier alpha value is -1.51. The molecule has 19 heavy (non-hydrogen) atoms. The van der Waals surface area contributed by atoms with Crippen LogP contribution in [0.1, 0.15) is 31.4 Å². The second kappa shape index (κ2) is 6.09. The van der Waals surface area contributed by atoms with Crippen molar-refractivity contribution in [3.63, 3.8) is 0 Å². The van der Waals surface area contributed by atoms with E-state index in [4.69, 9.17) is 0 Å². The number of aryl methyl sites for hydroxylation is 2. The van der Waals surface area contributed by atoms with Crippen LogP contribution in [0.5, 0.6) is 0 Å². The second-order valence-electron chi connectivity index (χ2n) is 5.16. The number of benzene rings is 1. The van der Waals surface area contributed by atoms with Gasteiger partial charge in [-0.05, 0) is 24.5 Å². The topological polar surface area (TPSA) is 23.6 Å². The molecule has 0 saturated carbocycles. The van der Waals surface area contributed by atoms with E-state index in [2.05, 4.69) is 36.9 Å². The molecule has 0 unspecified atom stereocenters. The van der Waals surface area contributed by atoms with Gasteiger partial charge in [0, 0.05) is 38.3 Å². The minimum atomic E-state index is 0.278. The minimum absolute atomic E-state index is 0.278. The molecule has 0 spiro atoms. The molecule has 0 bridgehead atoms. The van der Waals surface area contributed by atoms with Crippen LogP contribution < -0.4 is 4.90 Å².